The molecular weight excluding hydrogens is 258 g/mol. The third-order valence-electron chi connectivity index (χ3n) is 1.82. The van der Waals surface area contributed by atoms with Crippen LogP contribution in [0.2, 0.25) is 0 Å². The molecule has 0 aromatic heterocycles. The topological polar surface area (TPSA) is 20.2 Å². The smallest absolute Gasteiger partial charge is 0.211 e. The molecule has 1 nitrogen and oxygen atoms in total. The zero-order chi connectivity index (χ0) is 8.70. The van der Waals surface area contributed by atoms with Crippen LogP contribution in [0.4, 0.5) is 4.39 Å². The number of aliphatic hydroxyl groups excluding tert-OH is 1. The second-order valence-corrected chi connectivity index (χ2v) is 5.95. The van der Waals surface area contributed by atoms with Gasteiger partial charge >= 0.3 is 0 Å². The molecule has 0 saturated heterocycles. The molecular formula is C6H8BrCl2FO. The molecule has 11 heavy (non-hydrogen) atoms. The van der Waals surface area contributed by atoms with E-state index in [-0.39, 0.29) is 6.42 Å². The second kappa shape index (κ2) is 3.02. The van der Waals surface area contributed by atoms with Crippen LogP contribution >= 0.6 is 39.1 Å². The SMILES string of the molecule is O[C@H]1[C@@](F)(Cl)CCC[C@@]1(Cl)Br. The maximum atomic E-state index is 13.2. The van der Waals surface area contributed by atoms with Crippen molar-refractivity contribution in [2.45, 2.75) is 34.3 Å². The van der Waals surface area contributed by atoms with E-state index in [2.05, 4.69) is 15.9 Å². The Morgan fingerprint density at radius 3 is 2.36 bits per heavy atom. The first kappa shape index (κ1) is 10.0. The number of hydrogen-bond acceptors (Lipinski definition) is 1. The fraction of sp³-hybridized carbons (Fsp3) is 1.00. The van der Waals surface area contributed by atoms with Crippen LogP contribution in [0.1, 0.15) is 19.3 Å². The largest absolute Gasteiger partial charge is 0.386 e. The summed E-state index contributed by atoms with van der Waals surface area (Å²) in [5.74, 6) is 0. The van der Waals surface area contributed by atoms with Gasteiger partial charge in [0.2, 0.25) is 5.13 Å². The molecule has 0 amide bonds. The Labute approximate surface area is 83.0 Å². The summed E-state index contributed by atoms with van der Waals surface area (Å²) in [4.78, 5) is 0. The van der Waals surface area contributed by atoms with Crippen molar-refractivity contribution >= 4 is 39.1 Å². The van der Waals surface area contributed by atoms with Gasteiger partial charge in [0.1, 0.15) is 9.89 Å². The van der Waals surface area contributed by atoms with Crippen molar-refractivity contribution in [3.63, 3.8) is 0 Å². The van der Waals surface area contributed by atoms with Gasteiger partial charge in [0.15, 0.2) is 0 Å². The highest BCUT2D eigenvalue weighted by atomic mass is 79.9. The van der Waals surface area contributed by atoms with Crippen LogP contribution in [-0.2, 0) is 0 Å². The quantitative estimate of drug-likeness (QED) is 0.668. The average Bonchev–Trinajstić information content (AvgIpc) is 1.82. The molecule has 1 rings (SSSR count). The highest BCUT2D eigenvalue weighted by molar-refractivity contribution is 9.10. The minimum absolute atomic E-state index is 0.149. The van der Waals surface area contributed by atoms with E-state index in [9.17, 15) is 9.50 Å². The van der Waals surface area contributed by atoms with E-state index in [1.807, 2.05) is 0 Å². The van der Waals surface area contributed by atoms with Gasteiger partial charge in [-0.05, 0) is 19.3 Å². The molecule has 1 N–H and O–H groups in total. The third-order valence-corrected chi connectivity index (χ3v) is 3.44. The van der Waals surface area contributed by atoms with E-state index in [1.165, 1.54) is 0 Å². The van der Waals surface area contributed by atoms with Crippen LogP contribution < -0.4 is 0 Å². The summed E-state index contributed by atoms with van der Waals surface area (Å²) in [6, 6.07) is 0. The third kappa shape index (κ3) is 2.00. The van der Waals surface area contributed by atoms with Crippen LogP contribution in [-0.4, -0.2) is 20.1 Å². The molecule has 0 aromatic rings. The van der Waals surface area contributed by atoms with Crippen molar-refractivity contribution in [1.29, 1.82) is 0 Å². The summed E-state index contributed by atoms with van der Waals surface area (Å²) in [5, 5.41) is 7.20. The van der Waals surface area contributed by atoms with E-state index in [0.29, 0.717) is 12.8 Å². The van der Waals surface area contributed by atoms with Crippen LogP contribution in [0.3, 0.4) is 0 Å². The van der Waals surface area contributed by atoms with E-state index >= 15 is 0 Å². The van der Waals surface area contributed by atoms with Gasteiger partial charge in [0, 0.05) is 0 Å². The Bertz CT molecular complexity index is 147. The Kier molecular flexibility index (Phi) is 2.75. The molecule has 0 heterocycles. The van der Waals surface area contributed by atoms with E-state index in [4.69, 9.17) is 23.2 Å². The lowest BCUT2D eigenvalue weighted by Crippen LogP contribution is -2.48. The zero-order valence-corrected chi connectivity index (χ0v) is 8.76. The number of hydrogen-bond donors (Lipinski definition) is 1. The first-order chi connectivity index (χ1) is 4.86. The van der Waals surface area contributed by atoms with Gasteiger partial charge < -0.3 is 5.11 Å². The summed E-state index contributed by atoms with van der Waals surface area (Å²) < 4.78 is 12.1. The monoisotopic (exact) mass is 264 g/mol. The number of rotatable bonds is 0. The predicted octanol–water partition coefficient (Wildman–Crippen LogP) is 2.77. The van der Waals surface area contributed by atoms with Crippen molar-refractivity contribution in [2.24, 2.45) is 0 Å². The van der Waals surface area contributed by atoms with Gasteiger partial charge in [0.05, 0.1) is 0 Å². The first-order valence-corrected chi connectivity index (χ1v) is 4.85. The standard InChI is InChI=1S/C6H8BrCl2FO/c7-5(8)2-1-3-6(9,10)4(5)11/h4,11H,1-3H2/t4-,5+,6-/m1/s1. The molecule has 1 aliphatic rings. The van der Waals surface area contributed by atoms with E-state index in [0.717, 1.165) is 0 Å². The maximum Gasteiger partial charge on any atom is 0.211 e. The number of halogens is 4. The summed E-state index contributed by atoms with van der Waals surface area (Å²) in [7, 11) is 0. The zero-order valence-electron chi connectivity index (χ0n) is 5.66. The normalized spacial score (nSPS) is 52.6. The minimum atomic E-state index is -2.08. The highest BCUT2D eigenvalue weighted by Gasteiger charge is 2.51. The summed E-state index contributed by atoms with van der Waals surface area (Å²) in [6.07, 6.45) is -0.109. The maximum absolute atomic E-state index is 13.2. The van der Waals surface area contributed by atoms with Crippen molar-refractivity contribution in [3.05, 3.63) is 0 Å². The summed E-state index contributed by atoms with van der Waals surface area (Å²) in [5.41, 5.74) is 0. The molecule has 5 heteroatoms. The first-order valence-electron chi connectivity index (χ1n) is 3.30. The Morgan fingerprint density at radius 1 is 1.45 bits per heavy atom. The number of alkyl halides is 4. The van der Waals surface area contributed by atoms with Crippen molar-refractivity contribution in [2.75, 3.05) is 0 Å². The molecule has 66 valence electrons. The second-order valence-electron chi connectivity index (χ2n) is 2.78. The lowest BCUT2D eigenvalue weighted by atomic mass is 9.95. The van der Waals surface area contributed by atoms with Crippen molar-refractivity contribution in [3.8, 4) is 0 Å². The van der Waals surface area contributed by atoms with Gasteiger partial charge in [-0.2, -0.15) is 0 Å². The Balaban J connectivity index is 2.76. The van der Waals surface area contributed by atoms with Gasteiger partial charge in [-0.1, -0.05) is 27.5 Å². The van der Waals surface area contributed by atoms with Gasteiger partial charge in [-0.3, -0.25) is 0 Å². The van der Waals surface area contributed by atoms with E-state index < -0.39 is 15.0 Å². The van der Waals surface area contributed by atoms with Crippen LogP contribution in [0, 0.1) is 0 Å². The molecule has 0 aromatic carbocycles. The van der Waals surface area contributed by atoms with Gasteiger partial charge in [-0.25, -0.2) is 4.39 Å². The Hall–Kier alpha value is 0.950. The molecule has 1 fully saturated rings. The molecule has 0 bridgehead atoms. The fourth-order valence-corrected chi connectivity index (χ4v) is 2.60. The predicted molar refractivity (Wildman–Crippen MR) is 47.1 cm³/mol. The average molecular weight is 266 g/mol. The Morgan fingerprint density at radius 2 is 2.00 bits per heavy atom. The molecule has 0 unspecified atom stereocenters. The van der Waals surface area contributed by atoms with Crippen LogP contribution in [0.15, 0.2) is 0 Å². The van der Waals surface area contributed by atoms with E-state index in [1.54, 1.807) is 0 Å². The van der Waals surface area contributed by atoms with Crippen molar-refractivity contribution in [1.82, 2.24) is 0 Å². The van der Waals surface area contributed by atoms with Crippen LogP contribution in [0.25, 0.3) is 0 Å². The minimum Gasteiger partial charge on any atom is -0.386 e. The molecule has 0 radical (unpaired) electrons. The molecule has 0 spiro atoms. The van der Waals surface area contributed by atoms with Gasteiger partial charge in [-0.15, -0.1) is 11.6 Å². The van der Waals surface area contributed by atoms with Crippen molar-refractivity contribution < 1.29 is 9.50 Å². The molecule has 0 aliphatic heterocycles. The highest BCUT2D eigenvalue weighted by Crippen LogP contribution is 2.47. The summed E-state index contributed by atoms with van der Waals surface area (Å²) in [6.45, 7) is 0. The number of aliphatic hydroxyl groups is 1. The fourth-order valence-electron chi connectivity index (χ4n) is 1.14. The lowest BCUT2D eigenvalue weighted by molar-refractivity contribution is 0.0130. The lowest BCUT2D eigenvalue weighted by Gasteiger charge is -2.38. The molecule has 1 aliphatic carbocycles. The van der Waals surface area contributed by atoms with Crippen LogP contribution in [0.5, 0.6) is 0 Å². The summed E-state index contributed by atoms with van der Waals surface area (Å²) >= 11 is 14.1. The molecule has 1 saturated carbocycles. The molecule has 3 atom stereocenters. The van der Waals surface area contributed by atoms with Gasteiger partial charge in [0.25, 0.3) is 0 Å².